The summed E-state index contributed by atoms with van der Waals surface area (Å²) in [5.41, 5.74) is 1.23. The molecule has 9 nitrogen and oxygen atoms in total. The predicted octanol–water partition coefficient (Wildman–Crippen LogP) is 2.72. The SMILES string of the molecule is CN(C)C=Nc1ncnc2c1ncn2[C@H]1C[C@H](O)[C@@H](CO[Si](C)(C)C(C)(C)C)O1. The number of aliphatic imine (C=N–C) groups is 1. The first-order valence-corrected chi connectivity index (χ1v) is 12.8. The molecule has 1 fully saturated rings. The lowest BCUT2D eigenvalue weighted by Gasteiger charge is -2.37. The lowest BCUT2D eigenvalue weighted by atomic mass is 10.2. The normalized spacial score (nSPS) is 23.4. The molecule has 0 amide bonds. The molecule has 0 unspecified atom stereocenters. The van der Waals surface area contributed by atoms with Gasteiger partial charge in [0.15, 0.2) is 25.3 Å². The number of hydrogen-bond acceptors (Lipinski definition) is 7. The second-order valence-corrected chi connectivity index (χ2v) is 14.0. The second-order valence-electron chi connectivity index (χ2n) is 9.23. The molecule has 10 heteroatoms. The lowest BCUT2D eigenvalue weighted by Crippen LogP contribution is -2.43. The van der Waals surface area contributed by atoms with Gasteiger partial charge in [-0.1, -0.05) is 20.8 Å². The number of imidazole rings is 1. The van der Waals surface area contributed by atoms with E-state index in [1.165, 1.54) is 6.33 Å². The van der Waals surface area contributed by atoms with Crippen LogP contribution in [-0.4, -0.2) is 77.1 Å². The van der Waals surface area contributed by atoms with Crippen LogP contribution in [-0.2, 0) is 9.16 Å². The van der Waals surface area contributed by atoms with Gasteiger partial charge in [-0.15, -0.1) is 0 Å². The van der Waals surface area contributed by atoms with Gasteiger partial charge in [0.25, 0.3) is 0 Å². The zero-order valence-electron chi connectivity index (χ0n) is 18.3. The Balaban J connectivity index is 1.76. The molecule has 1 aliphatic heterocycles. The van der Waals surface area contributed by atoms with E-state index in [4.69, 9.17) is 9.16 Å². The molecule has 1 saturated heterocycles. The van der Waals surface area contributed by atoms with E-state index >= 15 is 0 Å². The first-order chi connectivity index (χ1) is 13.5. The molecule has 2 aromatic heterocycles. The Hall–Kier alpha value is -1.88. The van der Waals surface area contributed by atoms with Gasteiger partial charge in [-0.25, -0.2) is 19.9 Å². The molecular weight excluding hydrogens is 388 g/mol. The summed E-state index contributed by atoms with van der Waals surface area (Å²) in [6.45, 7) is 11.4. The summed E-state index contributed by atoms with van der Waals surface area (Å²) in [7, 11) is 1.87. The van der Waals surface area contributed by atoms with E-state index in [-0.39, 0.29) is 17.4 Å². The third-order valence-electron chi connectivity index (χ3n) is 5.68. The number of aliphatic hydroxyl groups is 1. The van der Waals surface area contributed by atoms with Crippen molar-refractivity contribution < 1.29 is 14.3 Å². The van der Waals surface area contributed by atoms with Crippen molar-refractivity contribution in [2.75, 3.05) is 20.7 Å². The molecule has 0 radical (unpaired) electrons. The quantitative estimate of drug-likeness (QED) is 0.436. The third kappa shape index (κ3) is 4.66. The van der Waals surface area contributed by atoms with Crippen molar-refractivity contribution in [3.8, 4) is 0 Å². The number of fused-ring (bicyclic) bond motifs is 1. The summed E-state index contributed by atoms with van der Waals surface area (Å²) in [5, 5.41) is 10.7. The third-order valence-corrected chi connectivity index (χ3v) is 10.2. The lowest BCUT2D eigenvalue weighted by molar-refractivity contribution is -0.0405. The van der Waals surface area contributed by atoms with E-state index in [0.29, 0.717) is 30.0 Å². The number of aromatic nitrogens is 4. The molecule has 29 heavy (non-hydrogen) atoms. The highest BCUT2D eigenvalue weighted by molar-refractivity contribution is 6.74. The van der Waals surface area contributed by atoms with Gasteiger partial charge in [0, 0.05) is 20.5 Å². The van der Waals surface area contributed by atoms with Gasteiger partial charge < -0.3 is 19.2 Å². The highest BCUT2D eigenvalue weighted by atomic mass is 28.4. The fraction of sp³-hybridized carbons (Fsp3) is 0.684. The van der Waals surface area contributed by atoms with Crippen molar-refractivity contribution in [2.24, 2.45) is 4.99 Å². The number of aliphatic hydroxyl groups excluding tert-OH is 1. The van der Waals surface area contributed by atoms with Crippen LogP contribution in [0.2, 0.25) is 18.1 Å². The molecule has 2 aromatic rings. The molecule has 0 aromatic carbocycles. The highest BCUT2D eigenvalue weighted by Crippen LogP contribution is 2.38. The smallest absolute Gasteiger partial charge is 0.192 e. The van der Waals surface area contributed by atoms with Gasteiger partial charge in [-0.2, -0.15) is 0 Å². The molecule has 0 aliphatic carbocycles. The Morgan fingerprint density at radius 3 is 2.72 bits per heavy atom. The van der Waals surface area contributed by atoms with Crippen LogP contribution in [0.1, 0.15) is 33.4 Å². The van der Waals surface area contributed by atoms with Crippen LogP contribution in [0.15, 0.2) is 17.6 Å². The van der Waals surface area contributed by atoms with Crippen molar-refractivity contribution in [2.45, 2.75) is 63.8 Å². The van der Waals surface area contributed by atoms with E-state index in [0.717, 1.165) is 0 Å². The molecule has 3 rings (SSSR count). The Labute approximate surface area is 172 Å². The maximum Gasteiger partial charge on any atom is 0.192 e. The van der Waals surface area contributed by atoms with Crippen LogP contribution in [0.4, 0.5) is 5.82 Å². The van der Waals surface area contributed by atoms with Crippen molar-refractivity contribution in [3.63, 3.8) is 0 Å². The van der Waals surface area contributed by atoms with Gasteiger partial charge in [-0.05, 0) is 18.1 Å². The zero-order valence-corrected chi connectivity index (χ0v) is 19.3. The molecular formula is C19H32N6O3Si. The largest absolute Gasteiger partial charge is 0.414 e. The van der Waals surface area contributed by atoms with E-state index in [2.05, 4.69) is 53.8 Å². The minimum atomic E-state index is -1.91. The van der Waals surface area contributed by atoms with Crippen LogP contribution in [0.3, 0.4) is 0 Å². The average Bonchev–Trinajstić information content (AvgIpc) is 3.20. The molecule has 0 bridgehead atoms. The number of hydrogen-bond donors (Lipinski definition) is 1. The predicted molar refractivity (Wildman–Crippen MR) is 115 cm³/mol. The first kappa shape index (κ1) is 21.8. The number of rotatable bonds is 6. The van der Waals surface area contributed by atoms with Crippen LogP contribution in [0.25, 0.3) is 11.2 Å². The molecule has 1 N–H and O–H groups in total. The summed E-state index contributed by atoms with van der Waals surface area (Å²) in [6.07, 6.45) is 3.93. The van der Waals surface area contributed by atoms with Crippen molar-refractivity contribution in [1.82, 2.24) is 24.4 Å². The molecule has 0 spiro atoms. The van der Waals surface area contributed by atoms with Gasteiger partial charge in [-0.3, -0.25) is 4.57 Å². The minimum Gasteiger partial charge on any atom is -0.414 e. The maximum absolute atomic E-state index is 10.5. The molecule has 3 heterocycles. The van der Waals surface area contributed by atoms with E-state index in [9.17, 15) is 5.11 Å². The highest BCUT2D eigenvalue weighted by Gasteiger charge is 2.41. The maximum atomic E-state index is 10.5. The Bertz CT molecular complexity index is 876. The van der Waals surface area contributed by atoms with Crippen molar-refractivity contribution >= 4 is 31.6 Å². The molecule has 1 aliphatic rings. The number of nitrogens with zero attached hydrogens (tertiary/aromatic N) is 6. The summed E-state index contributed by atoms with van der Waals surface area (Å²) in [4.78, 5) is 19.2. The Morgan fingerprint density at radius 1 is 1.34 bits per heavy atom. The standard InChI is InChI=1S/C19H32N6O3Si/c1-19(2,3)29(6,7)27-9-14-13(26)8-15(28-14)25-12-22-16-17(23-11-24(4)5)20-10-21-18(16)25/h10-15,26H,8-9H2,1-7H3/t13-,14+,15+/m0/s1. The Morgan fingerprint density at radius 2 is 2.07 bits per heavy atom. The van der Waals surface area contributed by atoms with Crippen molar-refractivity contribution in [3.05, 3.63) is 12.7 Å². The van der Waals surface area contributed by atoms with Gasteiger partial charge in [0.1, 0.15) is 18.7 Å². The van der Waals surface area contributed by atoms with Gasteiger partial charge in [0.05, 0.1) is 25.4 Å². The van der Waals surface area contributed by atoms with E-state index in [1.54, 1.807) is 12.7 Å². The van der Waals surface area contributed by atoms with Crippen LogP contribution < -0.4 is 0 Å². The molecule has 3 atom stereocenters. The fourth-order valence-corrected chi connectivity index (χ4v) is 3.87. The van der Waals surface area contributed by atoms with Crippen LogP contribution in [0.5, 0.6) is 0 Å². The zero-order chi connectivity index (χ0) is 21.4. The average molecular weight is 421 g/mol. The fourth-order valence-electron chi connectivity index (χ4n) is 2.86. The molecule has 0 saturated carbocycles. The Kier molecular flexibility index (Phi) is 6.09. The topological polar surface area (TPSA) is 97.9 Å². The van der Waals surface area contributed by atoms with E-state index < -0.39 is 14.4 Å². The number of ether oxygens (including phenoxy) is 1. The minimum absolute atomic E-state index is 0.108. The van der Waals surface area contributed by atoms with Gasteiger partial charge >= 0.3 is 0 Å². The van der Waals surface area contributed by atoms with E-state index in [1.807, 2.05) is 23.6 Å². The summed E-state index contributed by atoms with van der Waals surface area (Å²) in [5.74, 6) is 0.499. The molecule has 160 valence electrons. The summed E-state index contributed by atoms with van der Waals surface area (Å²) in [6, 6.07) is 0. The summed E-state index contributed by atoms with van der Waals surface area (Å²) >= 11 is 0. The van der Waals surface area contributed by atoms with Crippen molar-refractivity contribution in [1.29, 1.82) is 0 Å². The van der Waals surface area contributed by atoms with Crippen LogP contribution >= 0.6 is 0 Å². The van der Waals surface area contributed by atoms with Gasteiger partial charge in [0.2, 0.25) is 0 Å². The first-order valence-electron chi connectivity index (χ1n) is 9.85. The summed E-state index contributed by atoms with van der Waals surface area (Å²) < 4.78 is 14.2. The monoisotopic (exact) mass is 420 g/mol. The van der Waals surface area contributed by atoms with Crippen LogP contribution in [0, 0.1) is 0 Å². The second kappa shape index (κ2) is 8.09.